The van der Waals surface area contributed by atoms with Crippen LogP contribution in [0.25, 0.3) is 6.08 Å². The van der Waals surface area contributed by atoms with Crippen LogP contribution < -0.4 is 5.01 Å². The summed E-state index contributed by atoms with van der Waals surface area (Å²) in [5.41, 5.74) is 7.12. The lowest BCUT2D eigenvalue weighted by Gasteiger charge is -2.24. The first-order valence-corrected chi connectivity index (χ1v) is 12.0. The summed E-state index contributed by atoms with van der Waals surface area (Å²) in [6.45, 7) is 2.01. The van der Waals surface area contributed by atoms with Gasteiger partial charge in [-0.15, -0.1) is 0 Å². The third-order valence-corrected chi connectivity index (χ3v) is 6.45. The Bertz CT molecular complexity index is 1370. The quantitative estimate of drug-likeness (QED) is 0.209. The van der Waals surface area contributed by atoms with Gasteiger partial charge in [0.25, 0.3) is 0 Å². The molecule has 4 aromatic rings. The van der Waals surface area contributed by atoms with Gasteiger partial charge in [-0.05, 0) is 54.0 Å². The molecule has 1 aliphatic rings. The summed E-state index contributed by atoms with van der Waals surface area (Å²) in [5.74, 6) is -0.00466. The van der Waals surface area contributed by atoms with E-state index in [1.54, 1.807) is 6.08 Å². The first-order valence-electron chi connectivity index (χ1n) is 11.6. The molecule has 0 N–H and O–H groups in total. The molecule has 0 bridgehead atoms. The Kier molecular flexibility index (Phi) is 6.60. The van der Waals surface area contributed by atoms with Crippen LogP contribution in [0.4, 0.5) is 5.69 Å². The predicted molar refractivity (Wildman–Crippen MR) is 145 cm³/mol. The van der Waals surface area contributed by atoms with Crippen LogP contribution in [0.5, 0.6) is 0 Å². The van der Waals surface area contributed by atoms with Crippen molar-refractivity contribution in [2.45, 2.75) is 19.4 Å². The molecular formula is C31H25ClN2O. The van der Waals surface area contributed by atoms with E-state index in [4.69, 9.17) is 16.7 Å². The molecule has 1 heterocycles. The second kappa shape index (κ2) is 10.1. The SMILES string of the molecule is Cc1ccc(C(=O)C=Cc2ccc(N3N=C(c4ccc(Cl)cc4)CC3c3ccccc3)cc2)cc1. The lowest BCUT2D eigenvalue weighted by molar-refractivity contribution is 0.104. The monoisotopic (exact) mass is 476 g/mol. The highest BCUT2D eigenvalue weighted by Gasteiger charge is 2.29. The smallest absolute Gasteiger partial charge is 0.185 e. The van der Waals surface area contributed by atoms with Crippen molar-refractivity contribution in [1.82, 2.24) is 0 Å². The summed E-state index contributed by atoms with van der Waals surface area (Å²) in [6, 6.07) is 34.2. The fraction of sp³-hybridized carbons (Fsp3) is 0.0968. The van der Waals surface area contributed by atoms with Crippen LogP contribution in [0, 0.1) is 6.92 Å². The average molecular weight is 477 g/mol. The Morgan fingerprint density at radius 3 is 2.26 bits per heavy atom. The normalized spacial score (nSPS) is 15.4. The summed E-state index contributed by atoms with van der Waals surface area (Å²) >= 11 is 6.09. The highest BCUT2D eigenvalue weighted by atomic mass is 35.5. The van der Waals surface area contributed by atoms with Crippen LogP contribution in [0.3, 0.4) is 0 Å². The van der Waals surface area contributed by atoms with Gasteiger partial charge in [-0.3, -0.25) is 9.80 Å². The standard InChI is InChI=1S/C31H25ClN2O/c1-22-7-12-26(13-8-22)31(35)20-11-23-9-18-28(19-10-23)34-30(25-5-3-2-4-6-25)21-29(33-34)24-14-16-27(32)17-15-24/h2-20,30H,21H2,1H3. The number of ketones is 1. The number of hydrazone groups is 1. The van der Waals surface area contributed by atoms with E-state index in [0.29, 0.717) is 10.6 Å². The molecule has 0 radical (unpaired) electrons. The molecule has 0 saturated carbocycles. The molecule has 0 saturated heterocycles. The van der Waals surface area contributed by atoms with Crippen molar-refractivity contribution in [3.63, 3.8) is 0 Å². The van der Waals surface area contributed by atoms with E-state index in [0.717, 1.165) is 34.5 Å². The maximum atomic E-state index is 12.5. The maximum Gasteiger partial charge on any atom is 0.185 e. The number of benzene rings is 4. The third-order valence-electron chi connectivity index (χ3n) is 6.19. The zero-order chi connectivity index (χ0) is 24.2. The zero-order valence-corrected chi connectivity index (χ0v) is 20.2. The molecule has 1 aliphatic heterocycles. The van der Waals surface area contributed by atoms with Crippen LogP contribution in [0.15, 0.2) is 114 Å². The van der Waals surface area contributed by atoms with Gasteiger partial charge in [0.15, 0.2) is 5.78 Å². The molecule has 4 heteroatoms. The predicted octanol–water partition coefficient (Wildman–Crippen LogP) is 7.90. The summed E-state index contributed by atoms with van der Waals surface area (Å²) in [6.07, 6.45) is 4.28. The topological polar surface area (TPSA) is 32.7 Å². The first-order chi connectivity index (χ1) is 17.1. The van der Waals surface area contributed by atoms with Gasteiger partial charge in [-0.2, -0.15) is 5.10 Å². The van der Waals surface area contributed by atoms with Crippen molar-refractivity contribution in [1.29, 1.82) is 0 Å². The summed E-state index contributed by atoms with van der Waals surface area (Å²) in [5, 5.41) is 7.80. The molecule has 172 valence electrons. The number of rotatable bonds is 6. The van der Waals surface area contributed by atoms with Gasteiger partial charge in [0.05, 0.1) is 17.4 Å². The van der Waals surface area contributed by atoms with Crippen LogP contribution in [0.1, 0.15) is 45.1 Å². The van der Waals surface area contributed by atoms with Crippen molar-refractivity contribution < 1.29 is 4.79 Å². The molecule has 35 heavy (non-hydrogen) atoms. The number of anilines is 1. The highest BCUT2D eigenvalue weighted by molar-refractivity contribution is 6.30. The number of nitrogens with zero attached hydrogens (tertiary/aromatic N) is 2. The Labute approximate surface area is 211 Å². The number of aryl methyl sites for hydroxylation is 1. The van der Waals surface area contributed by atoms with E-state index in [9.17, 15) is 4.79 Å². The second-order valence-electron chi connectivity index (χ2n) is 8.68. The van der Waals surface area contributed by atoms with Gasteiger partial charge in [-0.1, -0.05) is 102 Å². The molecule has 0 aliphatic carbocycles. The number of allylic oxidation sites excluding steroid dienone is 1. The van der Waals surface area contributed by atoms with Crippen molar-refractivity contribution in [2.24, 2.45) is 5.10 Å². The van der Waals surface area contributed by atoms with Crippen LogP contribution in [0.2, 0.25) is 5.02 Å². The fourth-order valence-electron chi connectivity index (χ4n) is 4.22. The van der Waals surface area contributed by atoms with Gasteiger partial charge in [0.1, 0.15) is 0 Å². The first kappa shape index (κ1) is 22.8. The lowest BCUT2D eigenvalue weighted by Crippen LogP contribution is -2.18. The number of halogens is 1. The number of hydrogen-bond donors (Lipinski definition) is 0. The summed E-state index contributed by atoms with van der Waals surface area (Å²) < 4.78 is 0. The van der Waals surface area contributed by atoms with Crippen molar-refractivity contribution in [3.05, 3.63) is 142 Å². The van der Waals surface area contributed by atoms with Crippen LogP contribution in [-0.2, 0) is 0 Å². The fourth-order valence-corrected chi connectivity index (χ4v) is 4.35. The van der Waals surface area contributed by atoms with Gasteiger partial charge < -0.3 is 0 Å². The molecule has 5 rings (SSSR count). The van der Waals surface area contributed by atoms with Gasteiger partial charge in [-0.25, -0.2) is 0 Å². The minimum absolute atomic E-state index is 0.00466. The van der Waals surface area contributed by atoms with Crippen molar-refractivity contribution >= 4 is 34.9 Å². The van der Waals surface area contributed by atoms with E-state index < -0.39 is 0 Å². The van der Waals surface area contributed by atoms with Crippen molar-refractivity contribution in [3.8, 4) is 0 Å². The largest absolute Gasteiger partial charge is 0.289 e. The summed E-state index contributed by atoms with van der Waals surface area (Å²) in [7, 11) is 0. The van der Waals surface area contributed by atoms with E-state index in [1.165, 1.54) is 5.56 Å². The van der Waals surface area contributed by atoms with Gasteiger partial charge in [0, 0.05) is 17.0 Å². The van der Waals surface area contributed by atoms with Crippen LogP contribution in [-0.4, -0.2) is 11.5 Å². The van der Waals surface area contributed by atoms with Crippen LogP contribution >= 0.6 is 11.6 Å². The molecule has 0 amide bonds. The molecule has 1 unspecified atom stereocenters. The number of carbonyl (C=O) groups excluding carboxylic acids is 1. The Hall–Kier alpha value is -3.95. The molecule has 4 aromatic carbocycles. The Morgan fingerprint density at radius 1 is 0.886 bits per heavy atom. The van der Waals surface area contributed by atoms with E-state index >= 15 is 0 Å². The average Bonchev–Trinajstić information content (AvgIpc) is 3.34. The molecule has 0 spiro atoms. The lowest BCUT2D eigenvalue weighted by atomic mass is 9.98. The molecular weight excluding hydrogens is 452 g/mol. The molecule has 0 aromatic heterocycles. The van der Waals surface area contributed by atoms with Crippen molar-refractivity contribution in [2.75, 3.05) is 5.01 Å². The Balaban J connectivity index is 1.39. The summed E-state index contributed by atoms with van der Waals surface area (Å²) in [4.78, 5) is 12.5. The molecule has 0 fully saturated rings. The Morgan fingerprint density at radius 2 is 1.57 bits per heavy atom. The van der Waals surface area contributed by atoms with E-state index in [2.05, 4.69) is 41.4 Å². The van der Waals surface area contributed by atoms with Gasteiger partial charge >= 0.3 is 0 Å². The highest BCUT2D eigenvalue weighted by Crippen LogP contribution is 2.37. The second-order valence-corrected chi connectivity index (χ2v) is 9.12. The molecule has 3 nitrogen and oxygen atoms in total. The zero-order valence-electron chi connectivity index (χ0n) is 19.4. The third kappa shape index (κ3) is 5.26. The minimum atomic E-state index is -0.00466. The van der Waals surface area contributed by atoms with E-state index in [-0.39, 0.29) is 11.8 Å². The van der Waals surface area contributed by atoms with E-state index in [1.807, 2.05) is 79.7 Å². The number of hydrogen-bond acceptors (Lipinski definition) is 3. The van der Waals surface area contributed by atoms with Gasteiger partial charge in [0.2, 0.25) is 0 Å². The minimum Gasteiger partial charge on any atom is -0.289 e. The number of carbonyl (C=O) groups is 1. The maximum absolute atomic E-state index is 12.5. The molecule has 1 atom stereocenters.